The molecule has 0 saturated heterocycles. The van der Waals surface area contributed by atoms with E-state index in [0.29, 0.717) is 0 Å². The summed E-state index contributed by atoms with van der Waals surface area (Å²) in [4.78, 5) is 4.76. The van der Waals surface area contributed by atoms with Crippen LogP contribution in [0.3, 0.4) is 0 Å². The van der Waals surface area contributed by atoms with Crippen molar-refractivity contribution >= 4 is 21.6 Å². The Bertz CT molecular complexity index is 538. The molecule has 1 heterocycles. The molecule has 0 spiro atoms. The molecule has 0 amide bonds. The predicted molar refractivity (Wildman–Crippen MR) is 73.3 cm³/mol. The van der Waals surface area contributed by atoms with Gasteiger partial charge >= 0.3 is 0 Å². The summed E-state index contributed by atoms with van der Waals surface area (Å²) in [5.74, 6) is 0. The predicted octanol–water partition coefficient (Wildman–Crippen LogP) is 3.72. The van der Waals surface area contributed by atoms with Crippen molar-refractivity contribution in [2.45, 2.75) is 44.6 Å². The lowest BCUT2D eigenvalue weighted by Crippen LogP contribution is -2.38. The van der Waals surface area contributed by atoms with E-state index in [1.54, 1.807) is 11.3 Å². The third-order valence-corrected chi connectivity index (χ3v) is 4.97. The summed E-state index contributed by atoms with van der Waals surface area (Å²) < 4.78 is 1.26. The topological polar surface area (TPSA) is 38.9 Å². The lowest BCUT2D eigenvalue weighted by molar-refractivity contribution is 0.302. The number of hydrogen-bond acceptors (Lipinski definition) is 3. The van der Waals surface area contributed by atoms with Crippen molar-refractivity contribution < 1.29 is 0 Å². The van der Waals surface area contributed by atoms with E-state index < -0.39 is 0 Å². The highest BCUT2D eigenvalue weighted by Gasteiger charge is 2.32. The van der Waals surface area contributed by atoms with Crippen LogP contribution in [0.1, 0.15) is 42.7 Å². The van der Waals surface area contributed by atoms with Crippen LogP contribution in [0.5, 0.6) is 0 Å². The molecule has 0 unspecified atom stereocenters. The minimum atomic E-state index is -0.157. The van der Waals surface area contributed by atoms with Gasteiger partial charge < -0.3 is 5.73 Å². The van der Waals surface area contributed by atoms with Crippen molar-refractivity contribution in [1.82, 2.24) is 4.98 Å². The van der Waals surface area contributed by atoms with E-state index in [0.717, 1.165) is 23.4 Å². The van der Waals surface area contributed by atoms with Gasteiger partial charge in [0.05, 0.1) is 15.8 Å². The first-order valence-electron chi connectivity index (χ1n) is 6.34. The van der Waals surface area contributed by atoms with E-state index in [2.05, 4.69) is 25.1 Å². The van der Waals surface area contributed by atoms with Crippen LogP contribution in [0.15, 0.2) is 18.2 Å². The molecule has 1 aliphatic rings. The Morgan fingerprint density at radius 1 is 1.24 bits per heavy atom. The first-order valence-corrected chi connectivity index (χ1v) is 7.16. The van der Waals surface area contributed by atoms with Gasteiger partial charge in [0.15, 0.2) is 0 Å². The van der Waals surface area contributed by atoms with Gasteiger partial charge in [-0.05, 0) is 37.5 Å². The molecule has 3 heteroatoms. The monoisotopic (exact) mass is 246 g/mol. The fraction of sp³-hybridized carbons (Fsp3) is 0.500. The average Bonchev–Trinajstić information content (AvgIpc) is 2.73. The molecule has 2 N–H and O–H groups in total. The SMILES string of the molecule is Cc1ccc2sc(C3(N)CCCCC3)nc2c1. The summed E-state index contributed by atoms with van der Waals surface area (Å²) in [6.07, 6.45) is 5.98. The molecular weight excluding hydrogens is 228 g/mol. The molecule has 1 aromatic heterocycles. The molecule has 2 nitrogen and oxygen atoms in total. The summed E-state index contributed by atoms with van der Waals surface area (Å²) in [5, 5.41) is 1.14. The Morgan fingerprint density at radius 3 is 2.76 bits per heavy atom. The zero-order valence-corrected chi connectivity index (χ0v) is 11.0. The second-order valence-electron chi connectivity index (χ2n) is 5.21. The minimum absolute atomic E-state index is 0.157. The first-order chi connectivity index (χ1) is 8.17. The van der Waals surface area contributed by atoms with Gasteiger partial charge in [-0.2, -0.15) is 0 Å². The standard InChI is InChI=1S/C14H18N2S/c1-10-5-6-12-11(9-10)16-13(17-12)14(15)7-3-2-4-8-14/h5-6,9H,2-4,7-8,15H2,1H3. The van der Waals surface area contributed by atoms with E-state index in [4.69, 9.17) is 10.7 Å². The summed E-state index contributed by atoms with van der Waals surface area (Å²) in [5.41, 5.74) is 8.75. The average molecular weight is 246 g/mol. The molecule has 17 heavy (non-hydrogen) atoms. The first kappa shape index (κ1) is 11.2. The molecular formula is C14H18N2S. The Kier molecular flexibility index (Phi) is 2.68. The summed E-state index contributed by atoms with van der Waals surface area (Å²) in [6.45, 7) is 2.11. The summed E-state index contributed by atoms with van der Waals surface area (Å²) >= 11 is 1.78. The number of benzene rings is 1. The largest absolute Gasteiger partial charge is 0.319 e. The third kappa shape index (κ3) is 1.98. The molecule has 0 atom stereocenters. The fourth-order valence-corrected chi connectivity index (χ4v) is 3.75. The highest BCUT2D eigenvalue weighted by Crippen LogP contribution is 2.38. The number of thiazole rings is 1. The van der Waals surface area contributed by atoms with Crippen LogP contribution in [-0.2, 0) is 5.54 Å². The fourth-order valence-electron chi connectivity index (χ4n) is 2.65. The van der Waals surface area contributed by atoms with Crippen molar-refractivity contribution in [2.75, 3.05) is 0 Å². The molecule has 0 aliphatic heterocycles. The Balaban J connectivity index is 2.05. The Morgan fingerprint density at radius 2 is 2.00 bits per heavy atom. The molecule has 3 rings (SSSR count). The Labute approximate surface area is 106 Å². The number of aromatic nitrogens is 1. The lowest BCUT2D eigenvalue weighted by Gasteiger charge is -2.31. The smallest absolute Gasteiger partial charge is 0.114 e. The van der Waals surface area contributed by atoms with Crippen LogP contribution in [0.2, 0.25) is 0 Å². The van der Waals surface area contributed by atoms with Crippen molar-refractivity contribution in [1.29, 1.82) is 0 Å². The van der Waals surface area contributed by atoms with Gasteiger partial charge in [-0.25, -0.2) is 4.98 Å². The van der Waals surface area contributed by atoms with Crippen LogP contribution in [0, 0.1) is 6.92 Å². The molecule has 1 aliphatic carbocycles. The van der Waals surface area contributed by atoms with Crippen molar-refractivity contribution in [3.63, 3.8) is 0 Å². The van der Waals surface area contributed by atoms with Gasteiger partial charge in [-0.1, -0.05) is 25.3 Å². The van der Waals surface area contributed by atoms with Gasteiger partial charge in [0.1, 0.15) is 5.01 Å². The van der Waals surface area contributed by atoms with Crippen LogP contribution in [0.25, 0.3) is 10.2 Å². The van der Waals surface area contributed by atoms with Crippen molar-refractivity contribution in [3.05, 3.63) is 28.8 Å². The lowest BCUT2D eigenvalue weighted by atomic mass is 9.83. The zero-order chi connectivity index (χ0) is 11.9. The molecule has 1 saturated carbocycles. The van der Waals surface area contributed by atoms with E-state index in [9.17, 15) is 0 Å². The maximum absolute atomic E-state index is 6.53. The summed E-state index contributed by atoms with van der Waals surface area (Å²) in [6, 6.07) is 6.47. The van der Waals surface area contributed by atoms with Gasteiger partial charge in [0, 0.05) is 0 Å². The normalized spacial score (nSPS) is 19.6. The number of aryl methyl sites for hydroxylation is 1. The molecule has 0 bridgehead atoms. The quantitative estimate of drug-likeness (QED) is 0.833. The summed E-state index contributed by atoms with van der Waals surface area (Å²) in [7, 11) is 0. The second kappa shape index (κ2) is 4.07. The van der Waals surface area contributed by atoms with Gasteiger partial charge in [0.25, 0.3) is 0 Å². The highest BCUT2D eigenvalue weighted by molar-refractivity contribution is 7.18. The van der Waals surface area contributed by atoms with Crippen LogP contribution in [-0.4, -0.2) is 4.98 Å². The van der Waals surface area contributed by atoms with Crippen molar-refractivity contribution in [3.8, 4) is 0 Å². The van der Waals surface area contributed by atoms with Gasteiger partial charge in [0.2, 0.25) is 0 Å². The van der Waals surface area contributed by atoms with Crippen LogP contribution in [0.4, 0.5) is 0 Å². The van der Waals surface area contributed by atoms with Gasteiger partial charge in [-0.3, -0.25) is 0 Å². The number of rotatable bonds is 1. The maximum atomic E-state index is 6.53. The van der Waals surface area contributed by atoms with Gasteiger partial charge in [-0.15, -0.1) is 11.3 Å². The van der Waals surface area contributed by atoms with Crippen LogP contribution < -0.4 is 5.73 Å². The van der Waals surface area contributed by atoms with Crippen molar-refractivity contribution in [2.24, 2.45) is 5.73 Å². The second-order valence-corrected chi connectivity index (χ2v) is 6.24. The number of nitrogens with two attached hydrogens (primary N) is 1. The van der Waals surface area contributed by atoms with E-state index in [-0.39, 0.29) is 5.54 Å². The number of nitrogens with zero attached hydrogens (tertiary/aromatic N) is 1. The molecule has 1 aromatic carbocycles. The minimum Gasteiger partial charge on any atom is -0.319 e. The molecule has 0 radical (unpaired) electrons. The highest BCUT2D eigenvalue weighted by atomic mass is 32.1. The van der Waals surface area contributed by atoms with E-state index in [1.807, 2.05) is 0 Å². The third-order valence-electron chi connectivity index (χ3n) is 3.71. The molecule has 1 fully saturated rings. The zero-order valence-electron chi connectivity index (χ0n) is 10.2. The molecule has 90 valence electrons. The Hall–Kier alpha value is -0.930. The maximum Gasteiger partial charge on any atom is 0.114 e. The molecule has 2 aromatic rings. The number of hydrogen-bond donors (Lipinski definition) is 1. The van der Waals surface area contributed by atoms with Crippen LogP contribution >= 0.6 is 11.3 Å². The number of fused-ring (bicyclic) bond motifs is 1. The van der Waals surface area contributed by atoms with E-state index in [1.165, 1.54) is 29.5 Å². The van der Waals surface area contributed by atoms with E-state index >= 15 is 0 Å².